The van der Waals surface area contributed by atoms with E-state index in [4.69, 9.17) is 5.73 Å². The lowest BCUT2D eigenvalue weighted by molar-refractivity contribution is -0.139. The van der Waals surface area contributed by atoms with Crippen molar-refractivity contribution >= 4 is 35.6 Å². The molecule has 2 heterocycles. The molecule has 5 nitrogen and oxygen atoms in total. The third kappa shape index (κ3) is 4.74. The minimum absolute atomic E-state index is 0. The van der Waals surface area contributed by atoms with Gasteiger partial charge >= 0.3 is 0 Å². The molecule has 2 amide bonds. The van der Waals surface area contributed by atoms with Crippen LogP contribution in [0.15, 0.2) is 12.1 Å². The van der Waals surface area contributed by atoms with Crippen molar-refractivity contribution in [3.05, 3.63) is 21.9 Å². The number of nitrogens with two attached hydrogens (primary N) is 1. The predicted octanol–water partition coefficient (Wildman–Crippen LogP) is 2.86. The number of aryl methyl sites for hydroxylation is 1. The fourth-order valence-corrected chi connectivity index (χ4v) is 4.52. The molecule has 1 aromatic heterocycles. The highest BCUT2D eigenvalue weighted by Crippen LogP contribution is 2.28. The molecule has 3 rings (SSSR count). The van der Waals surface area contributed by atoms with Gasteiger partial charge in [-0.3, -0.25) is 9.59 Å². The summed E-state index contributed by atoms with van der Waals surface area (Å²) in [5.74, 6) is 0.112. The lowest BCUT2D eigenvalue weighted by Crippen LogP contribution is -2.58. The zero-order valence-electron chi connectivity index (χ0n) is 14.8. The van der Waals surface area contributed by atoms with E-state index in [0.29, 0.717) is 13.1 Å². The number of halogens is 1. The van der Waals surface area contributed by atoms with Crippen LogP contribution in [0.4, 0.5) is 0 Å². The Labute approximate surface area is 159 Å². The van der Waals surface area contributed by atoms with Crippen molar-refractivity contribution in [1.82, 2.24) is 10.2 Å². The van der Waals surface area contributed by atoms with Gasteiger partial charge in [0.15, 0.2) is 0 Å². The van der Waals surface area contributed by atoms with Crippen LogP contribution < -0.4 is 11.1 Å². The van der Waals surface area contributed by atoms with E-state index in [1.165, 1.54) is 17.8 Å². The average Bonchev–Trinajstić information content (AvgIpc) is 3.02. The predicted molar refractivity (Wildman–Crippen MR) is 103 cm³/mol. The summed E-state index contributed by atoms with van der Waals surface area (Å²) in [5.41, 5.74) is 5.72. The van der Waals surface area contributed by atoms with Crippen molar-refractivity contribution in [2.24, 2.45) is 5.73 Å². The first kappa shape index (κ1) is 20.2. The monoisotopic (exact) mass is 385 g/mol. The zero-order valence-corrected chi connectivity index (χ0v) is 16.4. The van der Waals surface area contributed by atoms with Gasteiger partial charge in [0.25, 0.3) is 5.91 Å². The molecule has 0 bridgehead atoms. The van der Waals surface area contributed by atoms with Gasteiger partial charge < -0.3 is 16.0 Å². The number of hydrogen-bond acceptors (Lipinski definition) is 4. The normalized spacial score (nSPS) is 20.6. The van der Waals surface area contributed by atoms with Gasteiger partial charge in [-0.2, -0.15) is 0 Å². The first-order chi connectivity index (χ1) is 11.5. The van der Waals surface area contributed by atoms with Gasteiger partial charge in [-0.1, -0.05) is 19.3 Å². The molecule has 1 saturated carbocycles. The Hall–Kier alpha value is -1.11. The molecule has 2 fully saturated rings. The summed E-state index contributed by atoms with van der Waals surface area (Å²) in [6, 6.07) is 3.98. The molecule has 0 aromatic carbocycles. The van der Waals surface area contributed by atoms with Crippen LogP contribution in [-0.4, -0.2) is 41.4 Å². The molecule has 140 valence electrons. The number of piperidine rings is 1. The van der Waals surface area contributed by atoms with E-state index < -0.39 is 5.54 Å². The summed E-state index contributed by atoms with van der Waals surface area (Å²) < 4.78 is 0. The first-order valence-electron chi connectivity index (χ1n) is 8.93. The van der Waals surface area contributed by atoms with Crippen molar-refractivity contribution in [3.8, 4) is 0 Å². The smallest absolute Gasteiger partial charge is 0.261 e. The molecular weight excluding hydrogens is 358 g/mol. The van der Waals surface area contributed by atoms with Gasteiger partial charge in [-0.15, -0.1) is 23.7 Å². The van der Waals surface area contributed by atoms with Crippen LogP contribution in [0, 0.1) is 6.92 Å². The molecule has 1 aliphatic heterocycles. The van der Waals surface area contributed by atoms with E-state index in [2.05, 4.69) is 5.32 Å². The summed E-state index contributed by atoms with van der Waals surface area (Å²) in [6.45, 7) is 3.37. The number of carbonyl (C=O) groups is 2. The molecule has 7 heteroatoms. The Morgan fingerprint density at radius 2 is 1.84 bits per heavy atom. The minimum Gasteiger partial charge on any atom is -0.348 e. The van der Waals surface area contributed by atoms with Gasteiger partial charge in [-0.25, -0.2) is 0 Å². The number of thiophene rings is 1. The van der Waals surface area contributed by atoms with Crippen LogP contribution in [0.5, 0.6) is 0 Å². The van der Waals surface area contributed by atoms with Crippen molar-refractivity contribution in [2.45, 2.75) is 63.5 Å². The summed E-state index contributed by atoms with van der Waals surface area (Å²) >= 11 is 1.51. The van der Waals surface area contributed by atoms with Crippen LogP contribution >= 0.6 is 23.7 Å². The highest BCUT2D eigenvalue weighted by atomic mass is 35.5. The van der Waals surface area contributed by atoms with Gasteiger partial charge in [0.2, 0.25) is 5.91 Å². The highest BCUT2D eigenvalue weighted by molar-refractivity contribution is 7.13. The molecule has 0 atom stereocenters. The van der Waals surface area contributed by atoms with Gasteiger partial charge in [0.1, 0.15) is 0 Å². The van der Waals surface area contributed by atoms with Crippen molar-refractivity contribution in [3.63, 3.8) is 0 Å². The fraction of sp³-hybridized carbons (Fsp3) is 0.667. The molecule has 0 unspecified atom stereocenters. The maximum atomic E-state index is 12.7. The Bertz CT molecular complexity index is 605. The quantitative estimate of drug-likeness (QED) is 0.839. The minimum atomic E-state index is -0.650. The molecular formula is C18H28ClN3O2S. The molecule has 1 saturated heterocycles. The third-order valence-corrected chi connectivity index (χ3v) is 6.25. The zero-order chi connectivity index (χ0) is 17.2. The fourth-order valence-electron chi connectivity index (χ4n) is 3.75. The first-order valence-corrected chi connectivity index (χ1v) is 9.75. The number of amides is 2. The maximum Gasteiger partial charge on any atom is 0.261 e. The van der Waals surface area contributed by atoms with Crippen molar-refractivity contribution < 1.29 is 9.59 Å². The second kappa shape index (κ2) is 8.52. The Morgan fingerprint density at radius 1 is 1.20 bits per heavy atom. The van der Waals surface area contributed by atoms with Gasteiger partial charge in [-0.05, 0) is 44.7 Å². The number of likely N-dealkylation sites (tertiary alicyclic amines) is 1. The van der Waals surface area contributed by atoms with Crippen LogP contribution in [0.2, 0.25) is 0 Å². The Morgan fingerprint density at radius 3 is 2.40 bits per heavy atom. The molecule has 25 heavy (non-hydrogen) atoms. The molecule has 0 spiro atoms. The highest BCUT2D eigenvalue weighted by Gasteiger charge is 2.39. The van der Waals surface area contributed by atoms with E-state index >= 15 is 0 Å². The average molecular weight is 386 g/mol. The van der Waals surface area contributed by atoms with E-state index in [-0.39, 0.29) is 30.3 Å². The van der Waals surface area contributed by atoms with Crippen molar-refractivity contribution in [2.75, 3.05) is 13.1 Å². The van der Waals surface area contributed by atoms with Crippen LogP contribution in [0.1, 0.15) is 59.5 Å². The van der Waals surface area contributed by atoms with E-state index in [9.17, 15) is 9.59 Å². The molecule has 0 radical (unpaired) electrons. The molecule has 2 aliphatic rings. The van der Waals surface area contributed by atoms with E-state index in [0.717, 1.165) is 48.3 Å². The lowest BCUT2D eigenvalue weighted by Gasteiger charge is -2.40. The van der Waals surface area contributed by atoms with Crippen LogP contribution in [-0.2, 0) is 4.79 Å². The topological polar surface area (TPSA) is 75.4 Å². The maximum absolute atomic E-state index is 12.7. The van der Waals surface area contributed by atoms with Gasteiger partial charge in [0, 0.05) is 24.0 Å². The molecule has 1 aliphatic carbocycles. The van der Waals surface area contributed by atoms with Crippen LogP contribution in [0.3, 0.4) is 0 Å². The third-order valence-electron chi connectivity index (χ3n) is 5.25. The Kier molecular flexibility index (Phi) is 6.88. The number of nitrogens with one attached hydrogen (secondary N) is 1. The summed E-state index contributed by atoms with van der Waals surface area (Å²) in [7, 11) is 0. The van der Waals surface area contributed by atoms with E-state index in [1.807, 2.05) is 24.0 Å². The second-order valence-electron chi connectivity index (χ2n) is 7.17. The van der Waals surface area contributed by atoms with Gasteiger partial charge in [0.05, 0.1) is 10.4 Å². The molecule has 1 aromatic rings. The van der Waals surface area contributed by atoms with E-state index in [1.54, 1.807) is 0 Å². The second-order valence-corrected chi connectivity index (χ2v) is 8.45. The number of nitrogens with zero attached hydrogens (tertiary/aromatic N) is 1. The summed E-state index contributed by atoms with van der Waals surface area (Å²) in [6.07, 6.45) is 6.50. The molecule has 3 N–H and O–H groups in total. The largest absolute Gasteiger partial charge is 0.348 e. The van der Waals surface area contributed by atoms with Crippen LogP contribution in [0.25, 0.3) is 0 Å². The summed E-state index contributed by atoms with van der Waals surface area (Å²) in [5, 5.41) is 3.10. The van der Waals surface area contributed by atoms with Crippen molar-refractivity contribution in [1.29, 1.82) is 0 Å². The summed E-state index contributed by atoms with van der Waals surface area (Å²) in [4.78, 5) is 28.8. The number of carbonyl (C=O) groups excluding carboxylic acids is 2. The Balaban J connectivity index is 0.00000225. The standard InChI is InChI=1S/C18H27N3O2S.ClH/c1-13-5-6-15(24-13)16(22)20-14-7-11-21(12-8-14)17(23)18(19)9-3-2-4-10-18;/h5-6,14H,2-4,7-12,19H2,1H3,(H,20,22);1H. The number of hydrogen-bond donors (Lipinski definition) is 2. The number of rotatable bonds is 3. The SMILES string of the molecule is Cc1ccc(C(=O)NC2CCN(C(=O)C3(N)CCCCC3)CC2)s1.Cl. The lowest BCUT2D eigenvalue weighted by atomic mass is 9.81.